The highest BCUT2D eigenvalue weighted by atomic mass is 16.5. The fraction of sp³-hybridized carbons (Fsp3) is 0.238. The monoisotopic (exact) mass is 351 g/mol. The summed E-state index contributed by atoms with van der Waals surface area (Å²) in [4.78, 5) is 26.3. The van der Waals surface area contributed by atoms with E-state index in [2.05, 4.69) is 0 Å². The standard InChI is InChI=1S/C21H21NO4/c1-4-11-26-17-9-6-15(7-10-17)18-19(23)21(25)22(20(18)24)16-8-5-13(2)14(3)12-16/h5-10,12,23H,4,11H2,1-3H3. The van der Waals surface area contributed by atoms with Crippen LogP contribution in [0, 0.1) is 13.8 Å². The summed E-state index contributed by atoms with van der Waals surface area (Å²) < 4.78 is 5.52. The van der Waals surface area contributed by atoms with Crippen molar-refractivity contribution in [1.29, 1.82) is 0 Å². The number of carbonyl (C=O) groups excluding carboxylic acids is 2. The fourth-order valence-corrected chi connectivity index (χ4v) is 2.82. The highest BCUT2D eigenvalue weighted by molar-refractivity contribution is 6.44. The molecule has 0 fully saturated rings. The highest BCUT2D eigenvalue weighted by Crippen LogP contribution is 2.33. The Labute approximate surface area is 152 Å². The van der Waals surface area contributed by atoms with Crippen molar-refractivity contribution in [2.24, 2.45) is 0 Å². The molecule has 2 amide bonds. The minimum atomic E-state index is -0.709. The molecule has 1 heterocycles. The number of benzene rings is 2. The zero-order valence-electron chi connectivity index (χ0n) is 15.1. The molecular formula is C21H21NO4. The molecule has 0 saturated heterocycles. The van der Waals surface area contributed by atoms with Crippen LogP contribution < -0.4 is 9.64 Å². The Hall–Kier alpha value is -3.08. The lowest BCUT2D eigenvalue weighted by molar-refractivity contribution is -0.121. The van der Waals surface area contributed by atoms with Gasteiger partial charge in [-0.05, 0) is 61.2 Å². The van der Waals surface area contributed by atoms with Crippen molar-refractivity contribution < 1.29 is 19.4 Å². The molecule has 134 valence electrons. The molecule has 0 aromatic heterocycles. The molecule has 0 unspecified atom stereocenters. The Morgan fingerprint density at radius 1 is 0.962 bits per heavy atom. The summed E-state index contributed by atoms with van der Waals surface area (Å²) in [5.74, 6) is -1.09. The number of aryl methyl sites for hydroxylation is 2. The molecular weight excluding hydrogens is 330 g/mol. The zero-order chi connectivity index (χ0) is 18.8. The SMILES string of the molecule is CCCOc1ccc(C2=C(O)C(=O)N(c3ccc(C)c(C)c3)C2=O)cc1. The van der Waals surface area contributed by atoms with Crippen LogP contribution in [0.1, 0.15) is 30.0 Å². The summed E-state index contributed by atoms with van der Waals surface area (Å²) in [7, 11) is 0. The van der Waals surface area contributed by atoms with Crippen molar-refractivity contribution in [1.82, 2.24) is 0 Å². The van der Waals surface area contributed by atoms with Crippen LogP contribution in [-0.2, 0) is 9.59 Å². The summed E-state index contributed by atoms with van der Waals surface area (Å²) in [6.07, 6.45) is 0.894. The molecule has 2 aromatic carbocycles. The summed E-state index contributed by atoms with van der Waals surface area (Å²) in [6.45, 7) is 6.48. The van der Waals surface area contributed by atoms with Crippen LogP contribution in [-0.4, -0.2) is 23.5 Å². The summed E-state index contributed by atoms with van der Waals surface area (Å²) in [6, 6.07) is 12.1. The molecule has 26 heavy (non-hydrogen) atoms. The Bertz CT molecular complexity index is 897. The van der Waals surface area contributed by atoms with Gasteiger partial charge >= 0.3 is 5.91 Å². The first kappa shape index (κ1) is 17.7. The number of amides is 2. The minimum absolute atomic E-state index is 0.00951. The zero-order valence-corrected chi connectivity index (χ0v) is 15.1. The van der Waals surface area contributed by atoms with Gasteiger partial charge in [-0.2, -0.15) is 0 Å². The third-order valence-electron chi connectivity index (χ3n) is 4.42. The predicted octanol–water partition coefficient (Wildman–Crippen LogP) is 3.93. The van der Waals surface area contributed by atoms with Gasteiger partial charge in [0.2, 0.25) is 0 Å². The van der Waals surface area contributed by atoms with E-state index in [1.807, 2.05) is 26.8 Å². The van der Waals surface area contributed by atoms with Gasteiger partial charge in [0.1, 0.15) is 5.75 Å². The fourth-order valence-electron chi connectivity index (χ4n) is 2.82. The smallest absolute Gasteiger partial charge is 0.301 e. The number of nitrogens with zero attached hydrogens (tertiary/aromatic N) is 1. The normalized spacial score (nSPS) is 14.3. The number of anilines is 1. The molecule has 0 radical (unpaired) electrons. The lowest BCUT2D eigenvalue weighted by atomic mass is 10.1. The number of imide groups is 1. The van der Waals surface area contributed by atoms with Gasteiger partial charge in [-0.1, -0.05) is 25.1 Å². The quantitative estimate of drug-likeness (QED) is 0.829. The lowest BCUT2D eigenvalue weighted by Gasteiger charge is -2.16. The van der Waals surface area contributed by atoms with Crippen LogP contribution >= 0.6 is 0 Å². The molecule has 1 aliphatic rings. The van der Waals surface area contributed by atoms with Gasteiger partial charge in [0.15, 0.2) is 5.76 Å². The van der Waals surface area contributed by atoms with E-state index in [1.54, 1.807) is 36.4 Å². The van der Waals surface area contributed by atoms with Gasteiger partial charge in [-0.15, -0.1) is 0 Å². The Balaban J connectivity index is 1.92. The first-order chi connectivity index (χ1) is 12.4. The van der Waals surface area contributed by atoms with Gasteiger partial charge in [-0.3, -0.25) is 9.59 Å². The molecule has 2 aromatic rings. The molecule has 1 N–H and O–H groups in total. The average molecular weight is 351 g/mol. The van der Waals surface area contributed by atoms with E-state index in [-0.39, 0.29) is 5.57 Å². The van der Waals surface area contributed by atoms with E-state index in [9.17, 15) is 14.7 Å². The Kier molecular flexibility index (Phi) is 4.80. The Morgan fingerprint density at radius 3 is 2.27 bits per heavy atom. The van der Waals surface area contributed by atoms with Crippen molar-refractivity contribution in [3.8, 4) is 5.75 Å². The highest BCUT2D eigenvalue weighted by Gasteiger charge is 2.40. The van der Waals surface area contributed by atoms with E-state index in [0.717, 1.165) is 22.4 Å². The third kappa shape index (κ3) is 3.08. The number of aliphatic hydroxyl groups is 1. The van der Waals surface area contributed by atoms with Crippen molar-refractivity contribution in [3.63, 3.8) is 0 Å². The van der Waals surface area contributed by atoms with E-state index >= 15 is 0 Å². The van der Waals surface area contributed by atoms with Crippen LogP contribution in [0.15, 0.2) is 48.2 Å². The number of ether oxygens (including phenoxy) is 1. The average Bonchev–Trinajstić information content (AvgIpc) is 2.85. The van der Waals surface area contributed by atoms with E-state index in [1.165, 1.54) is 0 Å². The van der Waals surface area contributed by atoms with Gasteiger partial charge in [-0.25, -0.2) is 4.90 Å². The van der Waals surface area contributed by atoms with Crippen LogP contribution in [0.25, 0.3) is 5.57 Å². The topological polar surface area (TPSA) is 66.8 Å². The minimum Gasteiger partial charge on any atom is -0.502 e. The van der Waals surface area contributed by atoms with E-state index in [0.29, 0.717) is 23.6 Å². The maximum Gasteiger partial charge on any atom is 0.301 e. The van der Waals surface area contributed by atoms with Crippen LogP contribution in [0.3, 0.4) is 0 Å². The first-order valence-electron chi connectivity index (χ1n) is 8.56. The molecule has 5 nitrogen and oxygen atoms in total. The molecule has 3 rings (SSSR count). The molecule has 0 saturated carbocycles. The number of aliphatic hydroxyl groups excluding tert-OH is 1. The van der Waals surface area contributed by atoms with Gasteiger partial charge in [0.05, 0.1) is 17.9 Å². The summed E-state index contributed by atoms with van der Waals surface area (Å²) >= 11 is 0. The second-order valence-corrected chi connectivity index (χ2v) is 6.31. The second kappa shape index (κ2) is 7.04. The first-order valence-corrected chi connectivity index (χ1v) is 8.56. The molecule has 5 heteroatoms. The van der Waals surface area contributed by atoms with E-state index < -0.39 is 17.6 Å². The molecule has 0 bridgehead atoms. The van der Waals surface area contributed by atoms with Crippen LogP contribution in [0.4, 0.5) is 5.69 Å². The van der Waals surface area contributed by atoms with Crippen molar-refractivity contribution in [3.05, 3.63) is 64.9 Å². The molecule has 0 aliphatic carbocycles. The Morgan fingerprint density at radius 2 is 1.65 bits per heavy atom. The van der Waals surface area contributed by atoms with Crippen molar-refractivity contribution >= 4 is 23.1 Å². The van der Waals surface area contributed by atoms with Gasteiger partial charge in [0, 0.05) is 0 Å². The largest absolute Gasteiger partial charge is 0.502 e. The summed E-state index contributed by atoms with van der Waals surface area (Å²) in [5.41, 5.74) is 2.97. The number of rotatable bonds is 5. The lowest BCUT2D eigenvalue weighted by Crippen LogP contribution is -2.31. The van der Waals surface area contributed by atoms with Crippen molar-refractivity contribution in [2.75, 3.05) is 11.5 Å². The molecule has 0 atom stereocenters. The number of carbonyl (C=O) groups is 2. The number of hydrogen-bond acceptors (Lipinski definition) is 4. The third-order valence-corrected chi connectivity index (χ3v) is 4.42. The van der Waals surface area contributed by atoms with Crippen molar-refractivity contribution in [2.45, 2.75) is 27.2 Å². The number of hydrogen-bond donors (Lipinski definition) is 1. The molecule has 0 spiro atoms. The van der Waals surface area contributed by atoms with Gasteiger partial charge in [0.25, 0.3) is 5.91 Å². The summed E-state index contributed by atoms with van der Waals surface area (Å²) in [5, 5.41) is 10.3. The predicted molar refractivity (Wildman–Crippen MR) is 100 cm³/mol. The maximum atomic E-state index is 12.8. The maximum absolute atomic E-state index is 12.8. The second-order valence-electron chi connectivity index (χ2n) is 6.31. The van der Waals surface area contributed by atoms with Gasteiger partial charge < -0.3 is 9.84 Å². The van der Waals surface area contributed by atoms with E-state index in [4.69, 9.17) is 4.74 Å². The van der Waals surface area contributed by atoms with Crippen LogP contribution in [0.2, 0.25) is 0 Å². The molecule has 1 aliphatic heterocycles. The van der Waals surface area contributed by atoms with Crippen LogP contribution in [0.5, 0.6) is 5.75 Å².